The molecule has 2 aliphatic rings. The SMILES string of the molecule is CCOC(=O)c1cn(C2CC2)c2nc(C3CCC(=NO)C3)c(F)cc2c1=O. The number of esters is 1. The number of fused-ring (bicyclic) bond motifs is 1. The van der Waals surface area contributed by atoms with Crippen molar-refractivity contribution in [3.63, 3.8) is 0 Å². The van der Waals surface area contributed by atoms with Crippen LogP contribution in [0.2, 0.25) is 0 Å². The van der Waals surface area contributed by atoms with E-state index in [1.807, 2.05) is 0 Å². The summed E-state index contributed by atoms with van der Waals surface area (Å²) in [4.78, 5) is 29.4. The van der Waals surface area contributed by atoms with Gasteiger partial charge >= 0.3 is 5.97 Å². The molecule has 0 amide bonds. The van der Waals surface area contributed by atoms with Crippen LogP contribution in [0.25, 0.3) is 11.0 Å². The molecule has 2 aliphatic carbocycles. The van der Waals surface area contributed by atoms with Gasteiger partial charge in [0, 0.05) is 18.2 Å². The lowest BCUT2D eigenvalue weighted by Crippen LogP contribution is -2.22. The monoisotopic (exact) mass is 373 g/mol. The van der Waals surface area contributed by atoms with Crippen molar-refractivity contribution < 1.29 is 19.1 Å². The van der Waals surface area contributed by atoms with Crippen LogP contribution in [-0.4, -0.2) is 33.0 Å². The van der Waals surface area contributed by atoms with E-state index in [2.05, 4.69) is 10.1 Å². The lowest BCUT2D eigenvalue weighted by molar-refractivity contribution is 0.0524. The second kappa shape index (κ2) is 6.75. The molecule has 1 atom stereocenters. The number of aromatic nitrogens is 2. The molecule has 0 saturated heterocycles. The summed E-state index contributed by atoms with van der Waals surface area (Å²) < 4.78 is 21.5. The predicted octanol–water partition coefficient (Wildman–Crippen LogP) is 3.14. The first-order chi connectivity index (χ1) is 13.0. The van der Waals surface area contributed by atoms with Crippen molar-refractivity contribution >= 4 is 22.7 Å². The van der Waals surface area contributed by atoms with E-state index in [0.29, 0.717) is 30.6 Å². The zero-order valence-corrected chi connectivity index (χ0v) is 14.9. The Morgan fingerprint density at radius 2 is 2.22 bits per heavy atom. The summed E-state index contributed by atoms with van der Waals surface area (Å²) in [6.45, 7) is 1.82. The van der Waals surface area contributed by atoms with Crippen LogP contribution in [0.3, 0.4) is 0 Å². The van der Waals surface area contributed by atoms with Crippen LogP contribution in [0, 0.1) is 5.82 Å². The van der Waals surface area contributed by atoms with Gasteiger partial charge in [0.1, 0.15) is 17.0 Å². The van der Waals surface area contributed by atoms with Crippen LogP contribution in [0.1, 0.15) is 67.0 Å². The van der Waals surface area contributed by atoms with E-state index in [9.17, 15) is 14.0 Å². The van der Waals surface area contributed by atoms with E-state index in [-0.39, 0.29) is 35.2 Å². The molecule has 2 aromatic heterocycles. The number of ether oxygens (including phenoxy) is 1. The van der Waals surface area contributed by atoms with Crippen LogP contribution >= 0.6 is 0 Å². The molecule has 2 fully saturated rings. The van der Waals surface area contributed by atoms with E-state index >= 15 is 0 Å². The molecule has 1 unspecified atom stereocenters. The van der Waals surface area contributed by atoms with Gasteiger partial charge in [-0.25, -0.2) is 14.2 Å². The van der Waals surface area contributed by atoms with Gasteiger partial charge in [-0.3, -0.25) is 4.79 Å². The Kier molecular flexibility index (Phi) is 4.41. The van der Waals surface area contributed by atoms with Crippen LogP contribution in [0.5, 0.6) is 0 Å². The molecule has 4 rings (SSSR count). The summed E-state index contributed by atoms with van der Waals surface area (Å²) in [6.07, 6.45) is 5.00. The number of nitrogens with zero attached hydrogens (tertiary/aromatic N) is 3. The van der Waals surface area contributed by atoms with Gasteiger partial charge in [0.15, 0.2) is 0 Å². The second-order valence-electron chi connectivity index (χ2n) is 7.06. The Balaban J connectivity index is 1.88. The van der Waals surface area contributed by atoms with Crippen molar-refractivity contribution in [2.24, 2.45) is 5.16 Å². The minimum absolute atomic E-state index is 0.0859. The molecule has 0 radical (unpaired) electrons. The van der Waals surface area contributed by atoms with E-state index < -0.39 is 17.2 Å². The lowest BCUT2D eigenvalue weighted by atomic mass is 10.0. The fourth-order valence-corrected chi connectivity index (χ4v) is 3.69. The smallest absolute Gasteiger partial charge is 0.343 e. The van der Waals surface area contributed by atoms with Crippen molar-refractivity contribution in [2.45, 2.75) is 51.0 Å². The van der Waals surface area contributed by atoms with Gasteiger partial charge < -0.3 is 14.5 Å². The number of pyridine rings is 2. The summed E-state index contributed by atoms with van der Waals surface area (Å²) in [5.74, 6) is -1.47. The molecular formula is C19H20FN3O4. The molecule has 8 heteroatoms. The molecule has 2 aromatic rings. The van der Waals surface area contributed by atoms with Crippen LogP contribution < -0.4 is 5.43 Å². The minimum atomic E-state index is -0.706. The summed E-state index contributed by atoms with van der Waals surface area (Å²) in [7, 11) is 0. The standard InChI is InChI=1S/C19H20FN3O4/c1-2-27-19(25)14-9-23(12-5-6-12)18-13(17(14)24)8-15(20)16(21-18)10-3-4-11(7-10)22-26/h8-10,12,26H,2-7H2,1H3. The second-order valence-corrected chi connectivity index (χ2v) is 7.06. The Labute approximate surface area is 154 Å². The third-order valence-corrected chi connectivity index (χ3v) is 5.21. The number of halogens is 1. The molecule has 1 N–H and O–H groups in total. The molecule has 0 bridgehead atoms. The maximum absolute atomic E-state index is 14.8. The molecule has 7 nitrogen and oxygen atoms in total. The van der Waals surface area contributed by atoms with Crippen LogP contribution in [-0.2, 0) is 4.74 Å². The number of oxime groups is 1. The first-order valence-electron chi connectivity index (χ1n) is 9.15. The van der Waals surface area contributed by atoms with Crippen molar-refractivity contribution in [3.8, 4) is 0 Å². The zero-order valence-electron chi connectivity index (χ0n) is 14.9. The van der Waals surface area contributed by atoms with Gasteiger partial charge in [-0.1, -0.05) is 5.16 Å². The van der Waals surface area contributed by atoms with E-state index in [4.69, 9.17) is 9.94 Å². The molecule has 0 aromatic carbocycles. The molecule has 2 saturated carbocycles. The largest absolute Gasteiger partial charge is 0.462 e. The van der Waals surface area contributed by atoms with E-state index in [0.717, 1.165) is 12.8 Å². The maximum Gasteiger partial charge on any atom is 0.343 e. The van der Waals surface area contributed by atoms with Gasteiger partial charge in [-0.15, -0.1) is 0 Å². The average Bonchev–Trinajstić information content (AvgIpc) is 3.39. The minimum Gasteiger partial charge on any atom is -0.462 e. The highest BCUT2D eigenvalue weighted by Gasteiger charge is 2.31. The molecule has 27 heavy (non-hydrogen) atoms. The van der Waals surface area contributed by atoms with Crippen LogP contribution in [0.15, 0.2) is 22.2 Å². The van der Waals surface area contributed by atoms with Crippen LogP contribution in [0.4, 0.5) is 4.39 Å². The number of carbonyl (C=O) groups excluding carboxylic acids is 1. The fourth-order valence-electron chi connectivity index (χ4n) is 3.69. The summed E-state index contributed by atoms with van der Waals surface area (Å²) in [5, 5.41) is 12.3. The number of hydrogen-bond donors (Lipinski definition) is 1. The number of carbonyl (C=O) groups is 1. The highest BCUT2D eigenvalue weighted by atomic mass is 19.1. The maximum atomic E-state index is 14.8. The molecule has 0 aliphatic heterocycles. The molecular weight excluding hydrogens is 353 g/mol. The molecule has 142 valence electrons. The highest BCUT2D eigenvalue weighted by molar-refractivity contribution is 5.93. The van der Waals surface area contributed by atoms with Crippen molar-refractivity contribution in [1.82, 2.24) is 9.55 Å². The van der Waals surface area contributed by atoms with Crippen molar-refractivity contribution in [1.29, 1.82) is 0 Å². The quantitative estimate of drug-likeness (QED) is 0.505. The number of hydrogen-bond acceptors (Lipinski definition) is 6. The van der Waals surface area contributed by atoms with Gasteiger partial charge in [-0.2, -0.15) is 0 Å². The molecule has 0 spiro atoms. The normalized spacial score (nSPS) is 21.1. The van der Waals surface area contributed by atoms with E-state index in [1.54, 1.807) is 11.5 Å². The first-order valence-corrected chi connectivity index (χ1v) is 9.15. The average molecular weight is 373 g/mol. The Hall–Kier alpha value is -2.77. The molecule has 2 heterocycles. The zero-order chi connectivity index (χ0) is 19.1. The van der Waals surface area contributed by atoms with Crippen molar-refractivity contribution in [2.75, 3.05) is 6.61 Å². The van der Waals surface area contributed by atoms with Gasteiger partial charge in [-0.05, 0) is 45.1 Å². The highest BCUT2D eigenvalue weighted by Crippen LogP contribution is 2.38. The number of rotatable bonds is 4. The topological polar surface area (TPSA) is 93.8 Å². The third kappa shape index (κ3) is 3.09. The summed E-state index contributed by atoms with van der Waals surface area (Å²) >= 11 is 0. The summed E-state index contributed by atoms with van der Waals surface area (Å²) in [5.41, 5.74) is 0.627. The fraction of sp³-hybridized carbons (Fsp3) is 0.474. The van der Waals surface area contributed by atoms with Gasteiger partial charge in [0.05, 0.1) is 23.4 Å². The van der Waals surface area contributed by atoms with Gasteiger partial charge in [0.2, 0.25) is 5.43 Å². The van der Waals surface area contributed by atoms with Crippen molar-refractivity contribution in [3.05, 3.63) is 39.6 Å². The Morgan fingerprint density at radius 3 is 2.85 bits per heavy atom. The van der Waals surface area contributed by atoms with E-state index in [1.165, 1.54) is 12.3 Å². The Bertz CT molecular complexity index is 1010. The summed E-state index contributed by atoms with van der Waals surface area (Å²) in [6, 6.07) is 1.32. The lowest BCUT2D eigenvalue weighted by Gasteiger charge is -2.15. The van der Waals surface area contributed by atoms with Gasteiger partial charge in [0.25, 0.3) is 0 Å². The third-order valence-electron chi connectivity index (χ3n) is 5.21. The first kappa shape index (κ1) is 17.6. The predicted molar refractivity (Wildman–Crippen MR) is 96.0 cm³/mol. The Morgan fingerprint density at radius 1 is 1.44 bits per heavy atom.